The third-order valence-corrected chi connectivity index (χ3v) is 3.42. The van der Waals surface area contributed by atoms with Gasteiger partial charge in [0.25, 0.3) is 0 Å². The summed E-state index contributed by atoms with van der Waals surface area (Å²) in [7, 11) is 4.04. The molecule has 0 aliphatic rings. The van der Waals surface area contributed by atoms with Gasteiger partial charge < -0.3 is 9.88 Å². The molecule has 2 aromatic rings. The molecule has 5 nitrogen and oxygen atoms in total. The van der Waals surface area contributed by atoms with Gasteiger partial charge in [0.05, 0.1) is 6.04 Å². The second-order valence-corrected chi connectivity index (χ2v) is 4.89. The van der Waals surface area contributed by atoms with Crippen molar-refractivity contribution in [1.29, 1.82) is 0 Å². The standard InChI is InChI=1S/C14H23N5/c1-4-8-15-13(14-16-10-11-18(14)2)6-5-12-7-9-17-19(12)3/h7,9-11,13,15H,4-6,8H2,1-3H3. The molecule has 0 amide bonds. The van der Waals surface area contributed by atoms with Crippen LogP contribution in [0.2, 0.25) is 0 Å². The lowest BCUT2D eigenvalue weighted by Crippen LogP contribution is -2.25. The summed E-state index contributed by atoms with van der Waals surface area (Å²) in [5, 5.41) is 7.79. The van der Waals surface area contributed by atoms with Crippen molar-refractivity contribution < 1.29 is 0 Å². The van der Waals surface area contributed by atoms with E-state index in [1.54, 1.807) is 0 Å². The zero-order chi connectivity index (χ0) is 13.7. The molecule has 104 valence electrons. The minimum absolute atomic E-state index is 0.301. The Hall–Kier alpha value is -1.62. The monoisotopic (exact) mass is 261 g/mol. The number of hydrogen-bond acceptors (Lipinski definition) is 3. The highest BCUT2D eigenvalue weighted by molar-refractivity contribution is 5.04. The van der Waals surface area contributed by atoms with Crippen LogP contribution in [0.1, 0.15) is 37.3 Å². The van der Waals surface area contributed by atoms with E-state index in [-0.39, 0.29) is 0 Å². The van der Waals surface area contributed by atoms with E-state index in [0.717, 1.165) is 31.6 Å². The van der Waals surface area contributed by atoms with Gasteiger partial charge in [-0.05, 0) is 31.9 Å². The van der Waals surface area contributed by atoms with Crippen LogP contribution in [-0.4, -0.2) is 25.9 Å². The molecule has 0 radical (unpaired) electrons. The van der Waals surface area contributed by atoms with Crippen LogP contribution in [0, 0.1) is 0 Å². The third kappa shape index (κ3) is 3.44. The van der Waals surface area contributed by atoms with Gasteiger partial charge in [-0.1, -0.05) is 6.92 Å². The van der Waals surface area contributed by atoms with Gasteiger partial charge >= 0.3 is 0 Å². The predicted molar refractivity (Wildman–Crippen MR) is 75.8 cm³/mol. The highest BCUT2D eigenvalue weighted by Gasteiger charge is 2.15. The van der Waals surface area contributed by atoms with Crippen molar-refractivity contribution in [1.82, 2.24) is 24.6 Å². The normalized spacial score (nSPS) is 12.8. The third-order valence-electron chi connectivity index (χ3n) is 3.42. The van der Waals surface area contributed by atoms with Gasteiger partial charge in [0, 0.05) is 38.4 Å². The van der Waals surface area contributed by atoms with Crippen molar-refractivity contribution in [3.63, 3.8) is 0 Å². The summed E-state index contributed by atoms with van der Waals surface area (Å²) >= 11 is 0. The number of nitrogens with zero attached hydrogens (tertiary/aromatic N) is 4. The zero-order valence-electron chi connectivity index (χ0n) is 12.0. The number of nitrogens with one attached hydrogen (secondary N) is 1. The van der Waals surface area contributed by atoms with Crippen LogP contribution >= 0.6 is 0 Å². The van der Waals surface area contributed by atoms with E-state index < -0.39 is 0 Å². The quantitative estimate of drug-likeness (QED) is 0.827. The summed E-state index contributed by atoms with van der Waals surface area (Å²) in [5.41, 5.74) is 1.26. The minimum Gasteiger partial charge on any atom is -0.337 e. The fraction of sp³-hybridized carbons (Fsp3) is 0.571. The number of rotatable bonds is 7. The van der Waals surface area contributed by atoms with Gasteiger partial charge in [-0.2, -0.15) is 5.10 Å². The summed E-state index contributed by atoms with van der Waals surface area (Å²) in [5.74, 6) is 1.11. The average Bonchev–Trinajstić information content (AvgIpc) is 2.99. The first kappa shape index (κ1) is 13.8. The van der Waals surface area contributed by atoms with E-state index in [1.165, 1.54) is 5.69 Å². The first-order valence-corrected chi connectivity index (χ1v) is 6.89. The second kappa shape index (κ2) is 6.52. The SMILES string of the molecule is CCCNC(CCc1ccnn1C)c1nccn1C. The van der Waals surface area contributed by atoms with Crippen LogP contribution in [-0.2, 0) is 20.5 Å². The molecule has 0 bridgehead atoms. The molecular formula is C14H23N5. The van der Waals surface area contributed by atoms with E-state index in [1.807, 2.05) is 37.4 Å². The Kier molecular flexibility index (Phi) is 4.74. The Balaban J connectivity index is 2.02. The molecule has 2 rings (SSSR count). The molecule has 1 N–H and O–H groups in total. The second-order valence-electron chi connectivity index (χ2n) is 4.89. The molecule has 19 heavy (non-hydrogen) atoms. The molecule has 2 heterocycles. The van der Waals surface area contributed by atoms with Crippen molar-refractivity contribution in [3.8, 4) is 0 Å². The molecule has 0 saturated carbocycles. The zero-order valence-corrected chi connectivity index (χ0v) is 12.0. The Morgan fingerprint density at radius 2 is 2.16 bits per heavy atom. The lowest BCUT2D eigenvalue weighted by Gasteiger charge is -2.18. The summed E-state index contributed by atoms with van der Waals surface area (Å²) in [6, 6.07) is 2.38. The van der Waals surface area contributed by atoms with Gasteiger partial charge in [-0.15, -0.1) is 0 Å². The number of imidazole rings is 1. The Morgan fingerprint density at radius 3 is 2.74 bits per heavy atom. The molecule has 5 heteroatoms. The van der Waals surface area contributed by atoms with Gasteiger partial charge in [0.1, 0.15) is 5.82 Å². The number of aromatic nitrogens is 4. The van der Waals surface area contributed by atoms with Gasteiger partial charge in [-0.3, -0.25) is 4.68 Å². The maximum absolute atomic E-state index is 4.47. The molecule has 0 aliphatic heterocycles. The molecule has 0 fully saturated rings. The molecule has 1 unspecified atom stereocenters. The van der Waals surface area contributed by atoms with Crippen molar-refractivity contribution in [2.45, 2.75) is 32.2 Å². The number of hydrogen-bond donors (Lipinski definition) is 1. The van der Waals surface area contributed by atoms with E-state index in [9.17, 15) is 0 Å². The lowest BCUT2D eigenvalue weighted by molar-refractivity contribution is 0.460. The maximum Gasteiger partial charge on any atom is 0.125 e. The molecule has 0 aromatic carbocycles. The molecule has 1 atom stereocenters. The molecule has 0 aliphatic carbocycles. The highest BCUT2D eigenvalue weighted by atomic mass is 15.3. The van der Waals surface area contributed by atoms with E-state index in [0.29, 0.717) is 6.04 Å². The summed E-state index contributed by atoms with van der Waals surface area (Å²) in [6.45, 7) is 3.20. The minimum atomic E-state index is 0.301. The average molecular weight is 261 g/mol. The molecule has 2 aromatic heterocycles. The Bertz CT molecular complexity index is 499. The van der Waals surface area contributed by atoms with Crippen LogP contribution in [0.3, 0.4) is 0 Å². The molecule has 0 spiro atoms. The van der Waals surface area contributed by atoms with Crippen LogP contribution < -0.4 is 5.32 Å². The van der Waals surface area contributed by atoms with Crippen LogP contribution in [0.25, 0.3) is 0 Å². The number of aryl methyl sites for hydroxylation is 3. The van der Waals surface area contributed by atoms with Crippen molar-refractivity contribution >= 4 is 0 Å². The van der Waals surface area contributed by atoms with Crippen LogP contribution in [0.15, 0.2) is 24.7 Å². The van der Waals surface area contributed by atoms with Gasteiger partial charge in [-0.25, -0.2) is 4.98 Å². The first-order chi connectivity index (χ1) is 9.22. The lowest BCUT2D eigenvalue weighted by atomic mass is 10.1. The maximum atomic E-state index is 4.47. The first-order valence-electron chi connectivity index (χ1n) is 6.89. The topological polar surface area (TPSA) is 47.7 Å². The van der Waals surface area contributed by atoms with Crippen LogP contribution in [0.4, 0.5) is 0 Å². The van der Waals surface area contributed by atoms with E-state index >= 15 is 0 Å². The van der Waals surface area contributed by atoms with E-state index in [4.69, 9.17) is 0 Å². The summed E-state index contributed by atoms with van der Waals surface area (Å²) < 4.78 is 4.03. The van der Waals surface area contributed by atoms with E-state index in [2.05, 4.69) is 33.0 Å². The van der Waals surface area contributed by atoms with Crippen molar-refractivity contribution in [3.05, 3.63) is 36.2 Å². The van der Waals surface area contributed by atoms with Gasteiger partial charge in [0.15, 0.2) is 0 Å². The highest BCUT2D eigenvalue weighted by Crippen LogP contribution is 2.17. The smallest absolute Gasteiger partial charge is 0.125 e. The molecule has 0 saturated heterocycles. The predicted octanol–water partition coefficient (Wildman–Crippen LogP) is 1.83. The van der Waals surface area contributed by atoms with Crippen molar-refractivity contribution in [2.24, 2.45) is 14.1 Å². The Labute approximate surface area is 114 Å². The summed E-state index contributed by atoms with van der Waals surface area (Å²) in [6.07, 6.45) is 8.88. The Morgan fingerprint density at radius 1 is 1.32 bits per heavy atom. The van der Waals surface area contributed by atoms with Crippen molar-refractivity contribution in [2.75, 3.05) is 6.54 Å². The summed E-state index contributed by atoms with van der Waals surface area (Å²) in [4.78, 5) is 4.47. The fourth-order valence-corrected chi connectivity index (χ4v) is 2.29. The van der Waals surface area contributed by atoms with Crippen LogP contribution in [0.5, 0.6) is 0 Å². The van der Waals surface area contributed by atoms with Gasteiger partial charge in [0.2, 0.25) is 0 Å². The fourth-order valence-electron chi connectivity index (χ4n) is 2.29. The largest absolute Gasteiger partial charge is 0.337 e. The molecular weight excluding hydrogens is 238 g/mol.